The molecule has 0 saturated carbocycles. The molecule has 6 heteroatoms. The molecule has 0 aliphatic carbocycles. The van der Waals surface area contributed by atoms with Crippen molar-refractivity contribution in [2.24, 2.45) is 0 Å². The van der Waals surface area contributed by atoms with E-state index >= 15 is 0 Å². The van der Waals surface area contributed by atoms with E-state index < -0.39 is 0 Å². The van der Waals surface area contributed by atoms with Crippen molar-refractivity contribution in [1.29, 1.82) is 0 Å². The average Bonchev–Trinajstić information content (AvgIpc) is 2.68. The molecule has 1 amide bonds. The Morgan fingerprint density at radius 1 is 1.00 bits per heavy atom. The predicted octanol–water partition coefficient (Wildman–Crippen LogP) is 3.11. The molecule has 3 aromatic rings. The van der Waals surface area contributed by atoms with Crippen molar-refractivity contribution in [2.75, 3.05) is 5.32 Å². The lowest BCUT2D eigenvalue weighted by molar-refractivity contribution is 0.0945. The van der Waals surface area contributed by atoms with Crippen LogP contribution in [0.3, 0.4) is 0 Å². The van der Waals surface area contributed by atoms with Crippen molar-refractivity contribution >= 4 is 17.5 Å². The van der Waals surface area contributed by atoms with Crippen LogP contribution in [0.15, 0.2) is 60.9 Å². The molecule has 2 aromatic heterocycles. The molecule has 3 rings (SSSR count). The number of carbonyl (C=O) groups is 1. The van der Waals surface area contributed by atoms with Gasteiger partial charge in [0.05, 0.1) is 12.2 Å². The molecule has 0 unspecified atom stereocenters. The molecule has 1 aromatic carbocycles. The molecule has 0 bridgehead atoms. The summed E-state index contributed by atoms with van der Waals surface area (Å²) in [5.74, 6) is 0.118. The van der Waals surface area contributed by atoms with Crippen LogP contribution in [0.5, 0.6) is 0 Å². The minimum absolute atomic E-state index is 0.266. The maximum absolute atomic E-state index is 12.2. The SMILES string of the molecule is CCc1ccc(Nc2nccc(C(=O)NCc3ccccn3)n2)cc1. The number of aryl methyl sites for hydroxylation is 1. The number of amides is 1. The van der Waals surface area contributed by atoms with Gasteiger partial charge in [0.2, 0.25) is 5.95 Å². The van der Waals surface area contributed by atoms with Gasteiger partial charge in [-0.3, -0.25) is 9.78 Å². The average molecular weight is 333 g/mol. The van der Waals surface area contributed by atoms with Crippen LogP contribution in [-0.4, -0.2) is 20.9 Å². The van der Waals surface area contributed by atoms with Crippen LogP contribution in [0.25, 0.3) is 0 Å². The van der Waals surface area contributed by atoms with Gasteiger partial charge in [-0.15, -0.1) is 0 Å². The topological polar surface area (TPSA) is 79.8 Å². The number of aromatic nitrogens is 3. The van der Waals surface area contributed by atoms with Crippen molar-refractivity contribution in [3.05, 3.63) is 77.9 Å². The number of rotatable bonds is 6. The first-order valence-electron chi connectivity index (χ1n) is 8.11. The molecular formula is C19H19N5O. The number of carbonyl (C=O) groups excluding carboxylic acids is 1. The Kier molecular flexibility index (Phi) is 5.31. The summed E-state index contributed by atoms with van der Waals surface area (Å²) >= 11 is 0. The molecule has 0 aliphatic rings. The lowest BCUT2D eigenvalue weighted by Crippen LogP contribution is -2.24. The van der Waals surface area contributed by atoms with Crippen molar-refractivity contribution in [2.45, 2.75) is 19.9 Å². The van der Waals surface area contributed by atoms with Crippen LogP contribution >= 0.6 is 0 Å². The van der Waals surface area contributed by atoms with Crippen molar-refractivity contribution in [3.8, 4) is 0 Å². The van der Waals surface area contributed by atoms with E-state index in [2.05, 4.69) is 32.5 Å². The quantitative estimate of drug-likeness (QED) is 0.724. The van der Waals surface area contributed by atoms with Gasteiger partial charge in [-0.2, -0.15) is 0 Å². The summed E-state index contributed by atoms with van der Waals surface area (Å²) in [5.41, 5.74) is 3.23. The molecular weight excluding hydrogens is 314 g/mol. The number of hydrogen-bond donors (Lipinski definition) is 2. The summed E-state index contributed by atoms with van der Waals surface area (Å²) in [6.07, 6.45) is 4.24. The third-order valence-corrected chi connectivity index (χ3v) is 3.66. The highest BCUT2D eigenvalue weighted by atomic mass is 16.1. The van der Waals surface area contributed by atoms with Gasteiger partial charge in [0.25, 0.3) is 5.91 Å². The Balaban J connectivity index is 1.64. The Morgan fingerprint density at radius 3 is 2.56 bits per heavy atom. The lowest BCUT2D eigenvalue weighted by atomic mass is 10.1. The molecule has 126 valence electrons. The zero-order valence-electron chi connectivity index (χ0n) is 13.9. The van der Waals surface area contributed by atoms with Gasteiger partial charge >= 0.3 is 0 Å². The number of nitrogens with zero attached hydrogens (tertiary/aromatic N) is 3. The van der Waals surface area contributed by atoms with Crippen molar-refractivity contribution in [3.63, 3.8) is 0 Å². The van der Waals surface area contributed by atoms with E-state index in [1.807, 2.05) is 42.5 Å². The van der Waals surface area contributed by atoms with Gasteiger partial charge in [-0.25, -0.2) is 9.97 Å². The van der Waals surface area contributed by atoms with Crippen molar-refractivity contribution in [1.82, 2.24) is 20.3 Å². The van der Waals surface area contributed by atoms with Crippen LogP contribution in [0, 0.1) is 0 Å². The molecule has 0 aliphatic heterocycles. The van der Waals surface area contributed by atoms with Crippen LogP contribution in [-0.2, 0) is 13.0 Å². The van der Waals surface area contributed by atoms with E-state index in [4.69, 9.17) is 0 Å². The Morgan fingerprint density at radius 2 is 1.84 bits per heavy atom. The second-order valence-electron chi connectivity index (χ2n) is 5.44. The summed E-state index contributed by atoms with van der Waals surface area (Å²) in [6, 6.07) is 15.2. The lowest BCUT2D eigenvalue weighted by Gasteiger charge is -2.08. The first-order chi connectivity index (χ1) is 12.2. The number of hydrogen-bond acceptors (Lipinski definition) is 5. The van der Waals surface area contributed by atoms with Crippen LogP contribution in [0.2, 0.25) is 0 Å². The molecule has 2 N–H and O–H groups in total. The summed E-state index contributed by atoms with van der Waals surface area (Å²) in [5, 5.41) is 5.91. The van der Waals surface area contributed by atoms with Gasteiger partial charge < -0.3 is 10.6 Å². The molecule has 0 fully saturated rings. The standard InChI is InChI=1S/C19H19N5O/c1-2-14-6-8-15(9-7-14)23-19-21-12-10-17(24-19)18(25)22-13-16-5-3-4-11-20-16/h3-12H,2,13H2,1H3,(H,22,25)(H,21,23,24). The maximum Gasteiger partial charge on any atom is 0.270 e. The molecule has 0 radical (unpaired) electrons. The molecule has 6 nitrogen and oxygen atoms in total. The molecule has 2 heterocycles. The van der Waals surface area contributed by atoms with E-state index in [-0.39, 0.29) is 5.91 Å². The summed E-state index contributed by atoms with van der Waals surface area (Å²) in [4.78, 5) is 24.9. The fraction of sp³-hybridized carbons (Fsp3) is 0.158. The first kappa shape index (κ1) is 16.6. The predicted molar refractivity (Wildman–Crippen MR) is 96.5 cm³/mol. The second-order valence-corrected chi connectivity index (χ2v) is 5.44. The number of anilines is 2. The first-order valence-corrected chi connectivity index (χ1v) is 8.11. The van der Waals surface area contributed by atoms with Gasteiger partial charge in [-0.1, -0.05) is 25.1 Å². The van der Waals surface area contributed by atoms with Gasteiger partial charge in [-0.05, 0) is 42.3 Å². The zero-order valence-corrected chi connectivity index (χ0v) is 13.9. The largest absolute Gasteiger partial charge is 0.345 e. The van der Waals surface area contributed by atoms with Crippen LogP contribution in [0.1, 0.15) is 28.7 Å². The highest BCUT2D eigenvalue weighted by molar-refractivity contribution is 5.92. The fourth-order valence-corrected chi connectivity index (χ4v) is 2.26. The number of pyridine rings is 1. The fourth-order valence-electron chi connectivity index (χ4n) is 2.26. The normalized spacial score (nSPS) is 10.3. The van der Waals surface area contributed by atoms with E-state index in [9.17, 15) is 4.79 Å². The summed E-state index contributed by atoms with van der Waals surface area (Å²) in [7, 11) is 0. The third kappa shape index (κ3) is 4.60. The molecule has 25 heavy (non-hydrogen) atoms. The van der Waals surface area contributed by atoms with Crippen LogP contribution < -0.4 is 10.6 Å². The number of nitrogens with one attached hydrogen (secondary N) is 2. The van der Waals surface area contributed by atoms with Crippen molar-refractivity contribution < 1.29 is 4.79 Å². The Labute approximate surface area is 146 Å². The van der Waals surface area contributed by atoms with E-state index in [1.54, 1.807) is 18.5 Å². The minimum Gasteiger partial charge on any atom is -0.345 e. The van der Waals surface area contributed by atoms with Gasteiger partial charge in [0.15, 0.2) is 0 Å². The second kappa shape index (κ2) is 8.01. The Hall–Kier alpha value is -3.28. The highest BCUT2D eigenvalue weighted by Gasteiger charge is 2.09. The summed E-state index contributed by atoms with van der Waals surface area (Å²) < 4.78 is 0. The van der Waals surface area contributed by atoms with Gasteiger partial charge in [0.1, 0.15) is 5.69 Å². The van der Waals surface area contributed by atoms with E-state index in [1.165, 1.54) is 5.56 Å². The third-order valence-electron chi connectivity index (χ3n) is 3.66. The summed E-state index contributed by atoms with van der Waals surface area (Å²) in [6.45, 7) is 2.46. The minimum atomic E-state index is -0.266. The Bertz CT molecular complexity index is 834. The van der Waals surface area contributed by atoms with E-state index in [0.29, 0.717) is 18.2 Å². The number of benzene rings is 1. The highest BCUT2D eigenvalue weighted by Crippen LogP contribution is 2.14. The maximum atomic E-state index is 12.2. The molecule has 0 saturated heterocycles. The van der Waals surface area contributed by atoms with Gasteiger partial charge in [0, 0.05) is 18.1 Å². The zero-order chi connectivity index (χ0) is 17.5. The van der Waals surface area contributed by atoms with E-state index in [0.717, 1.165) is 17.8 Å². The monoisotopic (exact) mass is 333 g/mol. The smallest absolute Gasteiger partial charge is 0.270 e. The van der Waals surface area contributed by atoms with Crippen LogP contribution in [0.4, 0.5) is 11.6 Å². The molecule has 0 spiro atoms. The molecule has 0 atom stereocenters.